The van der Waals surface area contributed by atoms with E-state index < -0.39 is 0 Å². The van der Waals surface area contributed by atoms with Gasteiger partial charge < -0.3 is 10.4 Å². The van der Waals surface area contributed by atoms with Gasteiger partial charge in [-0.3, -0.25) is 0 Å². The summed E-state index contributed by atoms with van der Waals surface area (Å²) in [6, 6.07) is 8.43. The van der Waals surface area contributed by atoms with Crippen molar-refractivity contribution < 1.29 is 5.11 Å². The first-order valence-corrected chi connectivity index (χ1v) is 7.98. The summed E-state index contributed by atoms with van der Waals surface area (Å²) in [5, 5.41) is 13.0. The first-order valence-electron chi connectivity index (χ1n) is 6.45. The Labute approximate surface area is 119 Å². The molecule has 0 aromatic heterocycles. The standard InChI is InChI=1S/C14H22ClNOS/c1-2-14(12-5-3-6-13(15)11-12)16-7-10-18-9-4-8-17/h3,5-6,11,14,16-17H,2,4,7-10H2,1H3. The summed E-state index contributed by atoms with van der Waals surface area (Å²) in [6.07, 6.45) is 1.94. The fourth-order valence-electron chi connectivity index (χ4n) is 1.80. The Morgan fingerprint density at radius 1 is 1.39 bits per heavy atom. The Morgan fingerprint density at radius 3 is 2.89 bits per heavy atom. The van der Waals surface area contributed by atoms with Crippen LogP contribution in [0, 0.1) is 0 Å². The van der Waals surface area contributed by atoms with Crippen molar-refractivity contribution in [2.45, 2.75) is 25.8 Å². The van der Waals surface area contributed by atoms with Crippen LogP contribution in [-0.2, 0) is 0 Å². The number of hydrogen-bond acceptors (Lipinski definition) is 3. The molecule has 0 amide bonds. The van der Waals surface area contributed by atoms with Crippen molar-refractivity contribution in [2.24, 2.45) is 0 Å². The van der Waals surface area contributed by atoms with Crippen LogP contribution in [0.2, 0.25) is 5.02 Å². The highest BCUT2D eigenvalue weighted by molar-refractivity contribution is 7.99. The smallest absolute Gasteiger partial charge is 0.0438 e. The lowest BCUT2D eigenvalue weighted by Crippen LogP contribution is -2.23. The maximum absolute atomic E-state index is 8.68. The fraction of sp³-hybridized carbons (Fsp3) is 0.571. The molecule has 2 nitrogen and oxygen atoms in total. The monoisotopic (exact) mass is 287 g/mol. The van der Waals surface area contributed by atoms with Crippen LogP contribution in [0.4, 0.5) is 0 Å². The quantitative estimate of drug-likeness (QED) is 0.682. The third-order valence-electron chi connectivity index (χ3n) is 2.74. The van der Waals surface area contributed by atoms with Gasteiger partial charge in [-0.1, -0.05) is 30.7 Å². The van der Waals surface area contributed by atoms with Crippen LogP contribution < -0.4 is 5.32 Å². The van der Waals surface area contributed by atoms with Gasteiger partial charge in [0.1, 0.15) is 0 Å². The zero-order valence-corrected chi connectivity index (χ0v) is 12.4. The number of thioether (sulfide) groups is 1. The van der Waals surface area contributed by atoms with Crippen molar-refractivity contribution in [1.29, 1.82) is 0 Å². The van der Waals surface area contributed by atoms with E-state index in [0.717, 1.165) is 35.9 Å². The van der Waals surface area contributed by atoms with Gasteiger partial charge in [0.15, 0.2) is 0 Å². The highest BCUT2D eigenvalue weighted by Gasteiger charge is 2.08. The molecule has 1 atom stereocenters. The second-order valence-corrected chi connectivity index (χ2v) is 5.82. The van der Waals surface area contributed by atoms with E-state index in [2.05, 4.69) is 18.3 Å². The van der Waals surface area contributed by atoms with Gasteiger partial charge in [0.25, 0.3) is 0 Å². The van der Waals surface area contributed by atoms with E-state index in [1.807, 2.05) is 30.0 Å². The number of halogens is 1. The second-order valence-electron chi connectivity index (χ2n) is 4.16. The Balaban J connectivity index is 2.29. The average Bonchev–Trinajstić information content (AvgIpc) is 2.38. The molecule has 1 aromatic rings. The molecule has 0 aliphatic carbocycles. The zero-order valence-electron chi connectivity index (χ0n) is 10.9. The molecule has 1 aromatic carbocycles. The van der Waals surface area contributed by atoms with Crippen LogP contribution in [0.15, 0.2) is 24.3 Å². The van der Waals surface area contributed by atoms with Crippen molar-refractivity contribution in [2.75, 3.05) is 24.7 Å². The van der Waals surface area contributed by atoms with Gasteiger partial charge in [-0.2, -0.15) is 11.8 Å². The van der Waals surface area contributed by atoms with Gasteiger partial charge in [-0.05, 0) is 36.3 Å². The van der Waals surface area contributed by atoms with E-state index in [1.165, 1.54) is 5.56 Å². The molecule has 2 N–H and O–H groups in total. The van der Waals surface area contributed by atoms with Crippen LogP contribution in [0.25, 0.3) is 0 Å². The lowest BCUT2D eigenvalue weighted by molar-refractivity contribution is 0.296. The average molecular weight is 288 g/mol. The number of aliphatic hydroxyl groups is 1. The van der Waals surface area contributed by atoms with E-state index in [0.29, 0.717) is 12.6 Å². The third kappa shape index (κ3) is 6.10. The molecule has 18 heavy (non-hydrogen) atoms. The largest absolute Gasteiger partial charge is 0.396 e. The normalized spacial score (nSPS) is 12.6. The number of aliphatic hydroxyl groups excluding tert-OH is 1. The first-order chi connectivity index (χ1) is 8.77. The molecule has 1 rings (SSSR count). The van der Waals surface area contributed by atoms with Crippen LogP contribution in [0.3, 0.4) is 0 Å². The molecule has 0 bridgehead atoms. The molecular formula is C14H22ClNOS. The fourth-order valence-corrected chi connectivity index (χ4v) is 2.79. The number of nitrogens with one attached hydrogen (secondary N) is 1. The van der Waals surface area contributed by atoms with Gasteiger partial charge >= 0.3 is 0 Å². The van der Waals surface area contributed by atoms with E-state index in [4.69, 9.17) is 16.7 Å². The molecule has 0 aliphatic rings. The van der Waals surface area contributed by atoms with Crippen LogP contribution in [-0.4, -0.2) is 29.8 Å². The van der Waals surface area contributed by atoms with E-state index in [9.17, 15) is 0 Å². The molecule has 0 saturated carbocycles. The first kappa shape index (κ1) is 15.8. The predicted octanol–water partition coefficient (Wildman–Crippen LogP) is 3.50. The van der Waals surface area contributed by atoms with Gasteiger partial charge in [0.2, 0.25) is 0 Å². The maximum atomic E-state index is 8.68. The van der Waals surface area contributed by atoms with Crippen LogP contribution in [0.1, 0.15) is 31.4 Å². The minimum atomic E-state index is 0.292. The van der Waals surface area contributed by atoms with Crippen LogP contribution >= 0.6 is 23.4 Å². The summed E-state index contributed by atoms with van der Waals surface area (Å²) in [5.74, 6) is 2.11. The van der Waals surface area contributed by atoms with Crippen molar-refractivity contribution in [3.8, 4) is 0 Å². The van der Waals surface area contributed by atoms with Gasteiger partial charge in [-0.15, -0.1) is 0 Å². The summed E-state index contributed by atoms with van der Waals surface area (Å²) in [7, 11) is 0. The number of rotatable bonds is 9. The SMILES string of the molecule is CCC(NCCSCCCO)c1cccc(Cl)c1. The van der Waals surface area contributed by atoms with E-state index in [1.54, 1.807) is 0 Å². The Kier molecular flexibility index (Phi) is 8.51. The Hall–Kier alpha value is -0.220. The molecule has 4 heteroatoms. The molecule has 0 saturated heterocycles. The molecule has 102 valence electrons. The minimum absolute atomic E-state index is 0.292. The highest BCUT2D eigenvalue weighted by atomic mass is 35.5. The number of benzene rings is 1. The Morgan fingerprint density at radius 2 is 2.22 bits per heavy atom. The molecule has 1 unspecified atom stereocenters. The van der Waals surface area contributed by atoms with Crippen molar-refractivity contribution in [3.63, 3.8) is 0 Å². The number of hydrogen-bond donors (Lipinski definition) is 2. The highest BCUT2D eigenvalue weighted by Crippen LogP contribution is 2.20. The van der Waals surface area contributed by atoms with E-state index in [-0.39, 0.29) is 0 Å². The Bertz CT molecular complexity index is 335. The minimum Gasteiger partial charge on any atom is -0.396 e. The maximum Gasteiger partial charge on any atom is 0.0438 e. The topological polar surface area (TPSA) is 32.3 Å². The van der Waals surface area contributed by atoms with Crippen molar-refractivity contribution in [3.05, 3.63) is 34.9 Å². The molecule has 0 heterocycles. The summed E-state index contributed by atoms with van der Waals surface area (Å²) < 4.78 is 0. The van der Waals surface area contributed by atoms with Gasteiger partial charge in [0.05, 0.1) is 0 Å². The summed E-state index contributed by atoms with van der Waals surface area (Å²) in [6.45, 7) is 3.46. The third-order valence-corrected chi connectivity index (χ3v) is 4.05. The zero-order chi connectivity index (χ0) is 13.2. The lowest BCUT2D eigenvalue weighted by Gasteiger charge is -2.17. The van der Waals surface area contributed by atoms with Crippen molar-refractivity contribution >= 4 is 23.4 Å². The van der Waals surface area contributed by atoms with Gasteiger partial charge in [0, 0.05) is 30.0 Å². The molecule has 0 radical (unpaired) electrons. The molecule has 0 fully saturated rings. The van der Waals surface area contributed by atoms with E-state index >= 15 is 0 Å². The van der Waals surface area contributed by atoms with Crippen molar-refractivity contribution in [1.82, 2.24) is 5.32 Å². The predicted molar refractivity (Wildman–Crippen MR) is 81.5 cm³/mol. The molecule has 0 aliphatic heterocycles. The van der Waals surface area contributed by atoms with Gasteiger partial charge in [-0.25, -0.2) is 0 Å². The second kappa shape index (κ2) is 9.68. The summed E-state index contributed by atoms with van der Waals surface area (Å²) >= 11 is 7.89. The summed E-state index contributed by atoms with van der Waals surface area (Å²) in [5.41, 5.74) is 1.25. The summed E-state index contributed by atoms with van der Waals surface area (Å²) in [4.78, 5) is 0. The molecule has 0 spiro atoms. The van der Waals surface area contributed by atoms with Crippen LogP contribution in [0.5, 0.6) is 0 Å². The molecular weight excluding hydrogens is 266 g/mol. The lowest BCUT2D eigenvalue weighted by atomic mass is 10.0.